The van der Waals surface area contributed by atoms with Crippen LogP contribution in [0.1, 0.15) is 38.4 Å². The van der Waals surface area contributed by atoms with Gasteiger partial charge < -0.3 is 10.6 Å². The Morgan fingerprint density at radius 1 is 1.38 bits per heavy atom. The molecule has 0 radical (unpaired) electrons. The summed E-state index contributed by atoms with van der Waals surface area (Å²) in [5.74, 6) is 0.894. The summed E-state index contributed by atoms with van der Waals surface area (Å²) >= 11 is 3.59. The zero-order valence-corrected chi connectivity index (χ0v) is 15.5. The summed E-state index contributed by atoms with van der Waals surface area (Å²) < 4.78 is 0.174. The molecule has 0 bridgehead atoms. The number of aryl methyl sites for hydroxylation is 1. The molecule has 2 N–H and O–H groups in total. The first-order valence-electron chi connectivity index (χ1n) is 7.51. The van der Waals surface area contributed by atoms with Gasteiger partial charge in [0.25, 0.3) is 0 Å². The molecule has 0 fully saturated rings. The van der Waals surface area contributed by atoms with E-state index >= 15 is 0 Å². The van der Waals surface area contributed by atoms with Crippen LogP contribution in [-0.4, -0.2) is 41.6 Å². The summed E-state index contributed by atoms with van der Waals surface area (Å²) in [6.07, 6.45) is 4.09. The van der Waals surface area contributed by atoms with Gasteiger partial charge in [0.1, 0.15) is 0 Å². The number of thioether (sulfide) groups is 1. The molecule has 1 heterocycles. The van der Waals surface area contributed by atoms with Crippen LogP contribution in [0.2, 0.25) is 0 Å². The Kier molecular flexibility index (Phi) is 8.11. The van der Waals surface area contributed by atoms with Crippen molar-refractivity contribution in [2.75, 3.05) is 25.9 Å². The van der Waals surface area contributed by atoms with Crippen molar-refractivity contribution in [3.8, 4) is 0 Å². The number of aromatic nitrogens is 1. The molecule has 0 unspecified atom stereocenters. The van der Waals surface area contributed by atoms with Crippen molar-refractivity contribution in [2.45, 2.75) is 45.3 Å². The van der Waals surface area contributed by atoms with Gasteiger partial charge in [0.15, 0.2) is 5.96 Å². The lowest BCUT2D eigenvalue weighted by Crippen LogP contribution is -2.39. The average Bonchev–Trinajstić information content (AvgIpc) is 2.93. The quantitative estimate of drug-likeness (QED) is 0.569. The van der Waals surface area contributed by atoms with Crippen LogP contribution in [0.15, 0.2) is 10.4 Å². The molecule has 0 saturated carbocycles. The van der Waals surface area contributed by atoms with E-state index in [9.17, 15) is 0 Å². The lowest BCUT2D eigenvalue weighted by Gasteiger charge is -2.20. The van der Waals surface area contributed by atoms with Crippen molar-refractivity contribution in [2.24, 2.45) is 4.99 Å². The number of guanidine groups is 1. The zero-order chi connectivity index (χ0) is 15.7. The van der Waals surface area contributed by atoms with Crippen LogP contribution in [0, 0.1) is 0 Å². The van der Waals surface area contributed by atoms with Gasteiger partial charge in [0.2, 0.25) is 0 Å². The van der Waals surface area contributed by atoms with Gasteiger partial charge in [0.05, 0.1) is 17.2 Å². The number of aliphatic imine (C=N–C) groups is 1. The summed E-state index contributed by atoms with van der Waals surface area (Å²) in [5.41, 5.74) is 1.17. The maximum absolute atomic E-state index is 4.66. The second kappa shape index (κ2) is 9.30. The van der Waals surface area contributed by atoms with Gasteiger partial charge in [-0.05, 0) is 33.4 Å². The Bertz CT molecular complexity index is 441. The minimum atomic E-state index is 0.174. The van der Waals surface area contributed by atoms with Gasteiger partial charge in [0, 0.05) is 29.6 Å². The minimum absolute atomic E-state index is 0.174. The van der Waals surface area contributed by atoms with Gasteiger partial charge in [-0.2, -0.15) is 11.8 Å². The molecule has 0 aromatic carbocycles. The highest BCUT2D eigenvalue weighted by Crippen LogP contribution is 2.20. The van der Waals surface area contributed by atoms with E-state index in [2.05, 4.69) is 59.9 Å². The molecule has 0 amide bonds. The van der Waals surface area contributed by atoms with Crippen LogP contribution in [0.25, 0.3) is 0 Å². The van der Waals surface area contributed by atoms with E-state index in [4.69, 9.17) is 0 Å². The minimum Gasteiger partial charge on any atom is -0.357 e. The highest BCUT2D eigenvalue weighted by Gasteiger charge is 2.15. The normalized spacial score (nSPS) is 12.5. The van der Waals surface area contributed by atoms with Crippen LogP contribution in [0.5, 0.6) is 0 Å². The summed E-state index contributed by atoms with van der Waals surface area (Å²) in [6, 6.07) is 0. The molecule has 21 heavy (non-hydrogen) atoms. The van der Waals surface area contributed by atoms with Crippen molar-refractivity contribution in [3.63, 3.8) is 0 Å². The molecule has 0 spiro atoms. The Morgan fingerprint density at radius 2 is 2.14 bits per heavy atom. The zero-order valence-electron chi connectivity index (χ0n) is 13.8. The standard InChI is InChI=1S/C15H28N4S2/c1-6-13-19-12(10-21-13)8-9-17-14(16-7-2)18-11-15(3,4)20-5/h10H,6-9,11H2,1-5H3,(H2,16,17,18). The number of thiazole rings is 1. The van der Waals surface area contributed by atoms with Crippen LogP contribution >= 0.6 is 23.1 Å². The highest BCUT2D eigenvalue weighted by molar-refractivity contribution is 7.99. The Hall–Kier alpha value is -0.750. The van der Waals surface area contributed by atoms with E-state index in [1.165, 1.54) is 10.7 Å². The molecule has 0 saturated heterocycles. The van der Waals surface area contributed by atoms with Crippen molar-refractivity contribution in [1.29, 1.82) is 0 Å². The van der Waals surface area contributed by atoms with E-state index in [0.717, 1.165) is 38.4 Å². The molecule has 0 aliphatic carbocycles. The predicted molar refractivity (Wildman–Crippen MR) is 96.8 cm³/mol. The molecule has 1 aromatic rings. The number of nitrogens with zero attached hydrogens (tertiary/aromatic N) is 2. The summed E-state index contributed by atoms with van der Waals surface area (Å²) in [5, 5.41) is 10.1. The average molecular weight is 329 g/mol. The molecular formula is C15H28N4S2. The summed E-state index contributed by atoms with van der Waals surface area (Å²) in [7, 11) is 0. The smallest absolute Gasteiger partial charge is 0.191 e. The van der Waals surface area contributed by atoms with E-state index in [1.807, 2.05) is 11.8 Å². The fourth-order valence-corrected chi connectivity index (χ4v) is 2.58. The maximum Gasteiger partial charge on any atom is 0.191 e. The lowest BCUT2D eigenvalue weighted by atomic mass is 10.2. The van der Waals surface area contributed by atoms with Crippen LogP contribution < -0.4 is 10.6 Å². The second-order valence-electron chi connectivity index (χ2n) is 5.42. The third kappa shape index (κ3) is 7.18. The van der Waals surface area contributed by atoms with Crippen LogP contribution in [0.3, 0.4) is 0 Å². The Balaban J connectivity index is 2.45. The number of rotatable bonds is 8. The van der Waals surface area contributed by atoms with Crippen LogP contribution in [0.4, 0.5) is 0 Å². The third-order valence-electron chi connectivity index (χ3n) is 3.09. The third-order valence-corrected chi connectivity index (χ3v) is 5.37. The largest absolute Gasteiger partial charge is 0.357 e. The monoisotopic (exact) mass is 328 g/mol. The number of hydrogen-bond donors (Lipinski definition) is 2. The van der Waals surface area contributed by atoms with Gasteiger partial charge in [-0.1, -0.05) is 6.92 Å². The molecule has 120 valence electrons. The van der Waals surface area contributed by atoms with Crippen molar-refractivity contribution in [1.82, 2.24) is 15.6 Å². The molecule has 0 aliphatic heterocycles. The van der Waals surface area contributed by atoms with E-state index < -0.39 is 0 Å². The highest BCUT2D eigenvalue weighted by atomic mass is 32.2. The summed E-state index contributed by atoms with van der Waals surface area (Å²) in [4.78, 5) is 9.25. The first-order chi connectivity index (χ1) is 10.0. The molecule has 6 heteroatoms. The van der Waals surface area contributed by atoms with E-state index in [0.29, 0.717) is 0 Å². The predicted octanol–water partition coefficient (Wildman–Crippen LogP) is 2.94. The maximum atomic E-state index is 4.66. The number of hydrogen-bond acceptors (Lipinski definition) is 4. The molecule has 0 aliphatic rings. The van der Waals surface area contributed by atoms with Gasteiger partial charge in [-0.3, -0.25) is 4.99 Å². The fourth-order valence-electron chi connectivity index (χ4n) is 1.61. The van der Waals surface area contributed by atoms with Crippen LogP contribution in [-0.2, 0) is 12.8 Å². The first kappa shape index (κ1) is 18.3. The van der Waals surface area contributed by atoms with Gasteiger partial charge >= 0.3 is 0 Å². The topological polar surface area (TPSA) is 49.3 Å². The SMILES string of the molecule is CCNC(=NCC(C)(C)SC)NCCc1csc(CC)n1. The number of nitrogens with one attached hydrogen (secondary N) is 2. The molecule has 0 atom stereocenters. The van der Waals surface area contributed by atoms with Crippen molar-refractivity contribution >= 4 is 29.1 Å². The van der Waals surface area contributed by atoms with Crippen molar-refractivity contribution < 1.29 is 0 Å². The Morgan fingerprint density at radius 3 is 2.71 bits per heavy atom. The van der Waals surface area contributed by atoms with E-state index in [1.54, 1.807) is 11.3 Å². The van der Waals surface area contributed by atoms with E-state index in [-0.39, 0.29) is 4.75 Å². The lowest BCUT2D eigenvalue weighted by molar-refractivity contribution is 0.709. The molecule has 1 aromatic heterocycles. The fraction of sp³-hybridized carbons (Fsp3) is 0.733. The summed E-state index contributed by atoms with van der Waals surface area (Å²) in [6.45, 7) is 11.2. The van der Waals surface area contributed by atoms with Crippen molar-refractivity contribution in [3.05, 3.63) is 16.1 Å². The first-order valence-corrected chi connectivity index (χ1v) is 9.61. The van der Waals surface area contributed by atoms with Gasteiger partial charge in [-0.25, -0.2) is 4.98 Å². The molecule has 4 nitrogen and oxygen atoms in total. The Labute approximate surface area is 137 Å². The molecule has 1 rings (SSSR count). The van der Waals surface area contributed by atoms with Gasteiger partial charge in [-0.15, -0.1) is 11.3 Å². The second-order valence-corrected chi connectivity index (χ2v) is 7.88. The molecular weight excluding hydrogens is 300 g/mol.